The summed E-state index contributed by atoms with van der Waals surface area (Å²) in [5.74, 6) is 2.06. The minimum atomic E-state index is -0.522. The van der Waals surface area contributed by atoms with E-state index in [4.69, 9.17) is 29.2 Å². The van der Waals surface area contributed by atoms with E-state index < -0.39 is 17.0 Å². The summed E-state index contributed by atoms with van der Waals surface area (Å²) < 4.78 is 24.4. The summed E-state index contributed by atoms with van der Waals surface area (Å²) in [4.78, 5) is 50.8. The molecule has 0 amide bonds. The first-order valence-corrected chi connectivity index (χ1v) is 21.0. The van der Waals surface area contributed by atoms with E-state index in [-0.39, 0.29) is 67.7 Å². The number of rotatable bonds is 1. The van der Waals surface area contributed by atoms with Crippen LogP contribution in [0, 0.1) is 57.2 Å². The molecular formula is C46H70O10. The van der Waals surface area contributed by atoms with E-state index >= 15 is 0 Å². The van der Waals surface area contributed by atoms with Gasteiger partial charge in [0.05, 0.1) is 39.6 Å². The van der Waals surface area contributed by atoms with E-state index in [1.807, 2.05) is 13.0 Å². The molecule has 2 aliphatic heterocycles. The molecule has 0 unspecified atom stereocenters. The van der Waals surface area contributed by atoms with Crippen molar-refractivity contribution in [1.29, 1.82) is 0 Å². The van der Waals surface area contributed by atoms with Crippen LogP contribution >= 0.6 is 0 Å². The highest BCUT2D eigenvalue weighted by Crippen LogP contribution is 2.68. The Bertz CT molecular complexity index is 1620. The number of Topliss-reactive ketones (excluding diaryl/α,β-unsaturated/α-hetero) is 3. The van der Waals surface area contributed by atoms with Gasteiger partial charge in [-0.25, -0.2) is 0 Å². The molecule has 10 atom stereocenters. The van der Waals surface area contributed by atoms with Crippen molar-refractivity contribution in [1.82, 2.24) is 0 Å². The van der Waals surface area contributed by atoms with E-state index in [0.717, 1.165) is 64.2 Å². The lowest BCUT2D eigenvalue weighted by Crippen LogP contribution is -2.59. The molecule has 0 aromatic rings. The molecule has 314 valence electrons. The second kappa shape index (κ2) is 15.5. The van der Waals surface area contributed by atoms with E-state index in [1.165, 1.54) is 11.1 Å². The first-order chi connectivity index (χ1) is 25.7. The molecule has 2 spiro atoms. The molecule has 10 heteroatoms. The fourth-order valence-corrected chi connectivity index (χ4v) is 14.2. The Balaban J connectivity index is 0.000000172. The lowest BCUT2D eigenvalue weighted by molar-refractivity contribution is -0.239. The van der Waals surface area contributed by atoms with Crippen LogP contribution in [0.25, 0.3) is 0 Å². The molecule has 0 radical (unpaired) electrons. The molecule has 8 fully saturated rings. The number of allylic oxidation sites excluding steroid dienone is 2. The van der Waals surface area contributed by atoms with Gasteiger partial charge in [-0.05, 0) is 85.5 Å². The van der Waals surface area contributed by atoms with E-state index in [0.29, 0.717) is 87.3 Å². The molecule has 0 aromatic heterocycles. The van der Waals surface area contributed by atoms with Gasteiger partial charge in [0.1, 0.15) is 17.3 Å². The standard InChI is InChI=1S/C23H32O5.C19H24O3.C2H6O2.2CH4/c1-20-7-8-22(25-9-10-26-22)13-15(20)3-4-16-17-5-6-23(27-11-12-28-23)21(17,2)14-18(24)19(16)20;1-18-8-7-12(20)9-11(18)3-4-13-14-5-6-16(22)19(14,2)10-15(21)17(13)18;3-1-2-4;;/h3,16-17,19H,4-14H2,1-2H3;9,13-14,17H,3-8,10H2,1-2H3;3-4H,1-2H2;2*1H4/t16-,17-,19+,20-,21-;13-,14-,17+,18-,19-;;;/m00.../s1. The third kappa shape index (κ3) is 6.41. The van der Waals surface area contributed by atoms with Gasteiger partial charge in [-0.1, -0.05) is 59.8 Å². The van der Waals surface area contributed by atoms with Gasteiger partial charge in [0, 0.05) is 67.6 Å². The second-order valence-electron chi connectivity index (χ2n) is 19.3. The van der Waals surface area contributed by atoms with Crippen molar-refractivity contribution in [2.45, 2.75) is 144 Å². The zero-order chi connectivity index (χ0) is 38.3. The van der Waals surface area contributed by atoms with Crippen molar-refractivity contribution < 1.29 is 48.3 Å². The summed E-state index contributed by atoms with van der Waals surface area (Å²) >= 11 is 0. The molecule has 2 saturated heterocycles. The monoisotopic (exact) mass is 782 g/mol. The normalized spacial score (nSPS) is 43.5. The fraction of sp³-hybridized carbons (Fsp3) is 0.826. The summed E-state index contributed by atoms with van der Waals surface area (Å²) in [5.41, 5.74) is 1.83. The lowest BCUT2D eigenvalue weighted by atomic mass is 9.47. The maximum atomic E-state index is 13.7. The molecule has 6 saturated carbocycles. The van der Waals surface area contributed by atoms with Gasteiger partial charge in [0.2, 0.25) is 0 Å². The molecule has 10 aliphatic rings. The molecule has 2 N–H and O–H groups in total. The number of aliphatic hydroxyl groups excluding tert-OH is 2. The Hall–Kier alpha value is -2.08. The fourth-order valence-electron chi connectivity index (χ4n) is 14.2. The summed E-state index contributed by atoms with van der Waals surface area (Å²) in [5, 5.41) is 15.2. The highest BCUT2D eigenvalue weighted by atomic mass is 16.7. The average Bonchev–Trinajstić information content (AvgIpc) is 3.93. The molecule has 10 nitrogen and oxygen atoms in total. The largest absolute Gasteiger partial charge is 0.394 e. The Morgan fingerprint density at radius 3 is 1.93 bits per heavy atom. The van der Waals surface area contributed by atoms with Crippen LogP contribution in [-0.2, 0) is 38.1 Å². The molecule has 0 aromatic carbocycles. The van der Waals surface area contributed by atoms with Gasteiger partial charge < -0.3 is 29.2 Å². The maximum Gasteiger partial charge on any atom is 0.174 e. The van der Waals surface area contributed by atoms with Crippen LogP contribution in [0.15, 0.2) is 23.3 Å². The van der Waals surface area contributed by atoms with Crippen LogP contribution in [0.1, 0.15) is 132 Å². The van der Waals surface area contributed by atoms with Gasteiger partial charge in [-0.15, -0.1) is 0 Å². The SMILES string of the molecule is C.C.C[C@]12CCC(=O)C=C1CC[C@@H]1[C@@H]2C(=O)C[C@]2(C)C(=O)CC[C@@H]12.C[C@]12CCC3(CC1=CC[C@@H]1[C@@H]2C(=O)C[C@@]2(C)[C@H]1CCC21OCCO1)OCCO3.OCCO. The zero-order valence-electron chi connectivity index (χ0n) is 32.9. The second-order valence-corrected chi connectivity index (χ2v) is 19.3. The Morgan fingerprint density at radius 2 is 1.25 bits per heavy atom. The van der Waals surface area contributed by atoms with E-state index in [1.54, 1.807) is 0 Å². The van der Waals surface area contributed by atoms with Crippen molar-refractivity contribution >= 4 is 23.1 Å². The number of hydrogen-bond donors (Lipinski definition) is 2. The lowest BCUT2D eigenvalue weighted by Gasteiger charge is -2.58. The quantitative estimate of drug-likeness (QED) is 0.264. The van der Waals surface area contributed by atoms with Gasteiger partial charge in [-0.2, -0.15) is 0 Å². The highest BCUT2D eigenvalue weighted by molar-refractivity contribution is 5.97. The van der Waals surface area contributed by atoms with Gasteiger partial charge in [-0.3, -0.25) is 19.2 Å². The smallest absolute Gasteiger partial charge is 0.174 e. The first-order valence-electron chi connectivity index (χ1n) is 21.0. The molecule has 8 aliphatic carbocycles. The Labute approximate surface area is 334 Å². The number of ketones is 4. The van der Waals surface area contributed by atoms with Gasteiger partial charge in [0.15, 0.2) is 17.4 Å². The van der Waals surface area contributed by atoms with Crippen LogP contribution in [0.2, 0.25) is 0 Å². The topological polar surface area (TPSA) is 146 Å². The molecule has 2 heterocycles. The number of carbonyl (C=O) groups is 4. The minimum Gasteiger partial charge on any atom is -0.394 e. The number of aliphatic hydroxyl groups is 2. The number of ether oxygens (including phenoxy) is 4. The number of carbonyl (C=O) groups excluding carboxylic acids is 4. The summed E-state index contributed by atoms with van der Waals surface area (Å²) in [7, 11) is 0. The molecule has 56 heavy (non-hydrogen) atoms. The Morgan fingerprint density at radius 1 is 0.625 bits per heavy atom. The van der Waals surface area contributed by atoms with Crippen LogP contribution in [-0.4, -0.2) is 84.6 Å². The van der Waals surface area contributed by atoms with Crippen LogP contribution in [0.5, 0.6) is 0 Å². The number of fused-ring (bicyclic) bond motifs is 11. The molecule has 0 bridgehead atoms. The van der Waals surface area contributed by atoms with E-state index in [2.05, 4.69) is 26.8 Å². The minimum absolute atomic E-state index is 0. The average molecular weight is 783 g/mol. The summed E-state index contributed by atoms with van der Waals surface area (Å²) in [6.45, 7) is 11.3. The molecular weight excluding hydrogens is 712 g/mol. The van der Waals surface area contributed by atoms with Crippen molar-refractivity contribution in [3.63, 3.8) is 0 Å². The van der Waals surface area contributed by atoms with Crippen molar-refractivity contribution in [3.8, 4) is 0 Å². The van der Waals surface area contributed by atoms with Crippen LogP contribution in [0.4, 0.5) is 0 Å². The van der Waals surface area contributed by atoms with Crippen molar-refractivity contribution in [2.75, 3.05) is 39.6 Å². The zero-order valence-corrected chi connectivity index (χ0v) is 32.9. The third-order valence-electron chi connectivity index (χ3n) is 16.9. The Kier molecular flexibility index (Phi) is 12.0. The maximum absolute atomic E-state index is 13.7. The summed E-state index contributed by atoms with van der Waals surface area (Å²) in [6.07, 6.45) is 15.9. The summed E-state index contributed by atoms with van der Waals surface area (Å²) in [6, 6.07) is 0. The highest BCUT2D eigenvalue weighted by Gasteiger charge is 2.69. The first kappa shape index (κ1) is 43.5. The number of hydrogen-bond acceptors (Lipinski definition) is 10. The van der Waals surface area contributed by atoms with Crippen LogP contribution in [0.3, 0.4) is 0 Å². The third-order valence-corrected chi connectivity index (χ3v) is 16.9. The van der Waals surface area contributed by atoms with Crippen LogP contribution < -0.4 is 0 Å². The molecule has 10 rings (SSSR count). The predicted octanol–water partition coefficient (Wildman–Crippen LogP) is 7.12. The van der Waals surface area contributed by atoms with Crippen molar-refractivity contribution in [2.24, 2.45) is 57.2 Å². The van der Waals surface area contributed by atoms with Crippen molar-refractivity contribution in [3.05, 3.63) is 23.3 Å². The van der Waals surface area contributed by atoms with Gasteiger partial charge in [0.25, 0.3) is 0 Å². The predicted molar refractivity (Wildman–Crippen MR) is 211 cm³/mol. The van der Waals surface area contributed by atoms with E-state index in [9.17, 15) is 19.2 Å². The van der Waals surface area contributed by atoms with Gasteiger partial charge >= 0.3 is 0 Å².